The average molecular weight is 332 g/mol. The monoisotopic (exact) mass is 332 g/mol. The first-order valence-electron chi connectivity index (χ1n) is 9.34. The summed E-state index contributed by atoms with van der Waals surface area (Å²) in [7, 11) is 1.38. The highest BCUT2D eigenvalue weighted by Gasteiger charge is 2.57. The second-order valence-corrected chi connectivity index (χ2v) is 8.30. The van der Waals surface area contributed by atoms with Gasteiger partial charge in [0.1, 0.15) is 6.10 Å². The van der Waals surface area contributed by atoms with Crippen molar-refractivity contribution in [2.45, 2.75) is 57.7 Å². The lowest BCUT2D eigenvalue weighted by Gasteiger charge is -2.52. The van der Waals surface area contributed by atoms with Gasteiger partial charge in [0.05, 0.1) is 13.2 Å². The predicted octanol–water partition coefficient (Wildman–Crippen LogP) is 3.85. The van der Waals surface area contributed by atoms with Gasteiger partial charge in [-0.05, 0) is 56.3 Å². The van der Waals surface area contributed by atoms with E-state index in [2.05, 4.69) is 19.1 Å². The molecule has 0 aromatic rings. The number of aliphatic hydroxyl groups is 1. The maximum atomic E-state index is 11.6. The van der Waals surface area contributed by atoms with Crippen LogP contribution >= 0.6 is 0 Å². The highest BCUT2D eigenvalue weighted by atomic mass is 16.7. The Morgan fingerprint density at radius 3 is 2.83 bits per heavy atom. The molecule has 24 heavy (non-hydrogen) atoms. The van der Waals surface area contributed by atoms with Gasteiger partial charge in [0.25, 0.3) is 0 Å². The summed E-state index contributed by atoms with van der Waals surface area (Å²) in [6.07, 6.45) is 12.0. The van der Waals surface area contributed by atoms with Crippen LogP contribution < -0.4 is 0 Å². The minimum Gasteiger partial charge on any atom is -0.438 e. The lowest BCUT2D eigenvalue weighted by atomic mass is 9.53. The number of carbonyl (C=O) groups is 1. The SMILES string of the molecule is COC(=O)O[C@H]1CC[C@H]2[C@@H]3CCC4=C[C@@H](O)C=C[C@@H]4[C@H]3CC[C@]12C. The van der Waals surface area contributed by atoms with E-state index in [4.69, 9.17) is 9.47 Å². The summed E-state index contributed by atoms with van der Waals surface area (Å²) >= 11 is 0. The van der Waals surface area contributed by atoms with Crippen molar-refractivity contribution in [3.63, 3.8) is 0 Å². The van der Waals surface area contributed by atoms with Gasteiger partial charge in [-0.3, -0.25) is 0 Å². The number of hydrogen-bond acceptors (Lipinski definition) is 4. The molecule has 0 aromatic carbocycles. The third-order valence-corrected chi connectivity index (χ3v) is 7.37. The fourth-order valence-electron chi connectivity index (χ4n) is 6.23. The van der Waals surface area contributed by atoms with Crippen molar-refractivity contribution in [3.05, 3.63) is 23.8 Å². The Bertz CT molecular complexity index is 580. The van der Waals surface area contributed by atoms with E-state index in [0.717, 1.165) is 25.7 Å². The first kappa shape index (κ1) is 16.2. The van der Waals surface area contributed by atoms with Crippen molar-refractivity contribution in [1.29, 1.82) is 0 Å². The topological polar surface area (TPSA) is 55.8 Å². The molecule has 0 saturated heterocycles. The zero-order valence-corrected chi connectivity index (χ0v) is 14.6. The zero-order valence-electron chi connectivity index (χ0n) is 14.6. The lowest BCUT2D eigenvalue weighted by molar-refractivity contribution is -0.0660. The molecule has 0 unspecified atom stereocenters. The van der Waals surface area contributed by atoms with Gasteiger partial charge in [-0.15, -0.1) is 0 Å². The number of hydrogen-bond donors (Lipinski definition) is 1. The lowest BCUT2D eigenvalue weighted by Crippen LogP contribution is -2.48. The van der Waals surface area contributed by atoms with E-state index in [0.29, 0.717) is 23.7 Å². The Kier molecular flexibility index (Phi) is 3.98. The van der Waals surface area contributed by atoms with Gasteiger partial charge in [0, 0.05) is 11.3 Å². The largest absolute Gasteiger partial charge is 0.508 e. The molecule has 0 amide bonds. The second kappa shape index (κ2) is 5.91. The average Bonchev–Trinajstić information content (AvgIpc) is 2.90. The van der Waals surface area contributed by atoms with Crippen LogP contribution in [0, 0.1) is 29.1 Å². The molecule has 4 nitrogen and oxygen atoms in total. The number of rotatable bonds is 1. The minimum atomic E-state index is -0.540. The van der Waals surface area contributed by atoms with Crippen LogP contribution in [0.4, 0.5) is 4.79 Å². The maximum absolute atomic E-state index is 11.6. The molecule has 132 valence electrons. The number of allylic oxidation sites excluding steroid dienone is 2. The molecule has 3 saturated carbocycles. The van der Waals surface area contributed by atoms with E-state index in [9.17, 15) is 9.90 Å². The van der Waals surface area contributed by atoms with Crippen LogP contribution in [0.2, 0.25) is 0 Å². The van der Waals surface area contributed by atoms with Gasteiger partial charge >= 0.3 is 6.16 Å². The molecule has 0 aromatic heterocycles. The van der Waals surface area contributed by atoms with Gasteiger partial charge in [-0.25, -0.2) is 4.79 Å². The van der Waals surface area contributed by atoms with Crippen molar-refractivity contribution >= 4 is 6.16 Å². The number of methoxy groups -OCH3 is 1. The molecular weight excluding hydrogens is 304 g/mol. The zero-order chi connectivity index (χ0) is 16.9. The van der Waals surface area contributed by atoms with Crippen molar-refractivity contribution in [2.24, 2.45) is 29.1 Å². The Hall–Kier alpha value is -1.29. The van der Waals surface area contributed by atoms with Gasteiger partial charge in [0.2, 0.25) is 0 Å². The third-order valence-electron chi connectivity index (χ3n) is 7.37. The number of carbonyl (C=O) groups excluding carboxylic acids is 1. The van der Waals surface area contributed by atoms with Crippen molar-refractivity contribution in [2.75, 3.05) is 7.11 Å². The summed E-state index contributed by atoms with van der Waals surface area (Å²) in [5, 5.41) is 9.85. The Labute approximate surface area is 143 Å². The van der Waals surface area contributed by atoms with E-state index in [-0.39, 0.29) is 11.5 Å². The van der Waals surface area contributed by atoms with Gasteiger partial charge in [-0.1, -0.05) is 30.7 Å². The van der Waals surface area contributed by atoms with E-state index in [1.165, 1.54) is 25.5 Å². The second-order valence-electron chi connectivity index (χ2n) is 8.30. The molecule has 0 spiro atoms. The molecule has 4 aliphatic carbocycles. The fourth-order valence-corrected chi connectivity index (χ4v) is 6.23. The summed E-state index contributed by atoms with van der Waals surface area (Å²) in [6, 6.07) is 0. The number of fused-ring (bicyclic) bond motifs is 5. The molecule has 0 aliphatic heterocycles. The normalized spacial score (nSPS) is 46.4. The van der Waals surface area contributed by atoms with E-state index < -0.39 is 12.3 Å². The predicted molar refractivity (Wildman–Crippen MR) is 90.3 cm³/mol. The standard InChI is InChI=1S/C20H28O4/c1-20-10-9-15-14-6-4-13(21)11-12(14)3-5-16(15)17(20)7-8-18(20)24-19(22)23-2/h4,6,11,13-18,21H,3,5,7-10H2,1-2H3/t13-,14-,15+,16+,17-,18-,20-/m0/s1. The summed E-state index contributed by atoms with van der Waals surface area (Å²) in [6.45, 7) is 2.32. The third kappa shape index (κ3) is 2.42. The molecule has 4 heteroatoms. The Morgan fingerprint density at radius 2 is 2.04 bits per heavy atom. The highest BCUT2D eigenvalue weighted by molar-refractivity contribution is 5.60. The highest BCUT2D eigenvalue weighted by Crippen LogP contribution is 2.61. The number of aliphatic hydroxyl groups excluding tert-OH is 1. The van der Waals surface area contributed by atoms with Crippen molar-refractivity contribution in [3.8, 4) is 0 Å². The fraction of sp³-hybridized carbons (Fsp3) is 0.750. The Morgan fingerprint density at radius 1 is 1.21 bits per heavy atom. The van der Waals surface area contributed by atoms with Crippen LogP contribution in [-0.2, 0) is 9.47 Å². The summed E-state index contributed by atoms with van der Waals surface area (Å²) in [4.78, 5) is 11.6. The molecule has 4 aliphatic rings. The van der Waals surface area contributed by atoms with Crippen LogP contribution in [0.3, 0.4) is 0 Å². The molecule has 0 bridgehead atoms. The Balaban J connectivity index is 1.55. The van der Waals surface area contributed by atoms with Gasteiger partial charge < -0.3 is 14.6 Å². The smallest absolute Gasteiger partial charge is 0.438 e. The number of ether oxygens (including phenoxy) is 2. The minimum absolute atomic E-state index is 0.00319. The maximum Gasteiger partial charge on any atom is 0.508 e. The van der Waals surface area contributed by atoms with Gasteiger partial charge in [0.15, 0.2) is 0 Å². The van der Waals surface area contributed by atoms with Crippen LogP contribution in [0.15, 0.2) is 23.8 Å². The van der Waals surface area contributed by atoms with Crippen LogP contribution in [0.1, 0.15) is 45.4 Å². The summed E-state index contributed by atoms with van der Waals surface area (Å²) in [5.74, 6) is 2.53. The molecule has 0 radical (unpaired) electrons. The molecule has 3 fully saturated rings. The quantitative estimate of drug-likeness (QED) is 0.585. The van der Waals surface area contributed by atoms with Gasteiger partial charge in [-0.2, -0.15) is 0 Å². The van der Waals surface area contributed by atoms with E-state index in [1.807, 2.05) is 6.08 Å². The van der Waals surface area contributed by atoms with E-state index >= 15 is 0 Å². The molecule has 1 N–H and O–H groups in total. The van der Waals surface area contributed by atoms with Crippen LogP contribution in [-0.4, -0.2) is 30.6 Å². The summed E-state index contributed by atoms with van der Waals surface area (Å²) < 4.78 is 10.3. The molecule has 4 rings (SSSR count). The molecule has 7 atom stereocenters. The van der Waals surface area contributed by atoms with E-state index in [1.54, 1.807) is 0 Å². The van der Waals surface area contributed by atoms with Crippen molar-refractivity contribution in [1.82, 2.24) is 0 Å². The van der Waals surface area contributed by atoms with Crippen LogP contribution in [0.25, 0.3) is 0 Å². The summed E-state index contributed by atoms with van der Waals surface area (Å²) in [5.41, 5.74) is 1.53. The van der Waals surface area contributed by atoms with Crippen LogP contribution in [0.5, 0.6) is 0 Å². The molecular formula is C20H28O4. The first-order valence-corrected chi connectivity index (χ1v) is 9.34. The molecule has 0 heterocycles. The first-order chi connectivity index (χ1) is 11.5. The van der Waals surface area contributed by atoms with Crippen molar-refractivity contribution < 1.29 is 19.4 Å².